The van der Waals surface area contributed by atoms with E-state index in [1.807, 2.05) is 66.7 Å². The van der Waals surface area contributed by atoms with Gasteiger partial charge in [0, 0.05) is 43.9 Å². The van der Waals surface area contributed by atoms with E-state index in [0.717, 1.165) is 76.9 Å². The predicted molar refractivity (Wildman–Crippen MR) is 202 cm³/mol. The van der Waals surface area contributed by atoms with E-state index in [1.54, 1.807) is 0 Å². The quantitative estimate of drug-likeness (QED) is 0.192. The van der Waals surface area contributed by atoms with Crippen LogP contribution in [0.15, 0.2) is 162 Å². The second-order valence-corrected chi connectivity index (χ2v) is 12.5. The van der Waals surface area contributed by atoms with Crippen molar-refractivity contribution in [3.63, 3.8) is 0 Å². The molecule has 0 radical (unpaired) electrons. The van der Waals surface area contributed by atoms with Gasteiger partial charge in [0.15, 0.2) is 5.82 Å². The van der Waals surface area contributed by atoms with E-state index < -0.39 is 0 Å². The van der Waals surface area contributed by atoms with Crippen LogP contribution in [-0.4, -0.2) is 14.5 Å². The summed E-state index contributed by atoms with van der Waals surface area (Å²) >= 11 is 0. The smallest absolute Gasteiger partial charge is 0.160 e. The molecule has 3 aromatic heterocycles. The number of furan rings is 1. The minimum Gasteiger partial charge on any atom is -0.456 e. The highest BCUT2D eigenvalue weighted by Gasteiger charge is 2.22. The Kier molecular flexibility index (Phi) is 6.17. The second kappa shape index (κ2) is 11.0. The third-order valence-corrected chi connectivity index (χ3v) is 9.63. The first-order chi connectivity index (χ1) is 24.7. The lowest BCUT2D eigenvalue weighted by molar-refractivity contribution is 0.669. The number of hydrogen-bond acceptors (Lipinski definition) is 4. The van der Waals surface area contributed by atoms with Crippen molar-refractivity contribution in [2.45, 2.75) is 0 Å². The Labute approximate surface area is 286 Å². The van der Waals surface area contributed by atoms with E-state index in [0.29, 0.717) is 22.8 Å². The molecule has 5 heteroatoms. The molecule has 0 saturated heterocycles. The lowest BCUT2D eigenvalue weighted by Crippen LogP contribution is -2.01. The van der Waals surface area contributed by atoms with E-state index in [1.165, 1.54) is 0 Å². The standard InChI is InChI=1S/C45H26N4O/c46-27-36-43(31-20-19-28-11-7-8-14-30(28)25-31)47-45(29-12-3-1-4-13-29)48-44(36)32-21-22-37-35(26-32)41-38(49(37)33-15-5-2-6-16-33)23-24-40-42(41)34-17-9-10-18-39(34)50-40/h1-26H. The monoisotopic (exact) mass is 638 g/mol. The Balaban J connectivity index is 1.30. The van der Waals surface area contributed by atoms with Gasteiger partial charge >= 0.3 is 0 Å². The SMILES string of the molecule is N#Cc1c(-c2ccc3ccccc3c2)nc(-c2ccccc2)nc1-c1ccc2c(c1)c1c3c(ccc1n2-c1ccccc1)oc1ccccc13. The maximum Gasteiger partial charge on any atom is 0.160 e. The highest BCUT2D eigenvalue weighted by atomic mass is 16.3. The van der Waals surface area contributed by atoms with Crippen LogP contribution in [0.25, 0.3) is 94.1 Å². The molecule has 3 heterocycles. The first-order valence-electron chi connectivity index (χ1n) is 16.6. The third-order valence-electron chi connectivity index (χ3n) is 9.63. The van der Waals surface area contributed by atoms with E-state index >= 15 is 0 Å². The van der Waals surface area contributed by atoms with Crippen molar-refractivity contribution in [2.75, 3.05) is 0 Å². The summed E-state index contributed by atoms with van der Waals surface area (Å²) in [6, 6.07) is 56.2. The largest absolute Gasteiger partial charge is 0.456 e. The number of para-hydroxylation sites is 2. The van der Waals surface area contributed by atoms with Gasteiger partial charge in [-0.3, -0.25) is 0 Å². The van der Waals surface area contributed by atoms with Crippen LogP contribution >= 0.6 is 0 Å². The van der Waals surface area contributed by atoms with Crippen LogP contribution < -0.4 is 0 Å². The van der Waals surface area contributed by atoms with Crippen molar-refractivity contribution in [3.05, 3.63) is 163 Å². The van der Waals surface area contributed by atoms with Crippen LogP contribution in [0.4, 0.5) is 0 Å². The van der Waals surface area contributed by atoms with E-state index in [4.69, 9.17) is 14.4 Å². The van der Waals surface area contributed by atoms with E-state index in [9.17, 15) is 5.26 Å². The van der Waals surface area contributed by atoms with Crippen molar-refractivity contribution in [2.24, 2.45) is 0 Å². The van der Waals surface area contributed by atoms with Gasteiger partial charge in [-0.1, -0.05) is 109 Å². The van der Waals surface area contributed by atoms with Crippen LogP contribution in [0.1, 0.15) is 5.56 Å². The van der Waals surface area contributed by atoms with Crippen LogP contribution in [0.2, 0.25) is 0 Å². The second-order valence-electron chi connectivity index (χ2n) is 12.5. The van der Waals surface area contributed by atoms with E-state index in [-0.39, 0.29) is 0 Å². The molecule has 10 aromatic rings. The fourth-order valence-electron chi connectivity index (χ4n) is 7.37. The molecule has 0 bridgehead atoms. The van der Waals surface area contributed by atoms with Crippen molar-refractivity contribution in [1.29, 1.82) is 5.26 Å². The molecular weight excluding hydrogens is 613 g/mol. The summed E-state index contributed by atoms with van der Waals surface area (Å²) in [6.07, 6.45) is 0. The molecule has 0 aliphatic heterocycles. The normalized spacial score (nSPS) is 11.6. The molecule has 7 aromatic carbocycles. The maximum absolute atomic E-state index is 10.8. The maximum atomic E-state index is 10.8. The van der Waals surface area contributed by atoms with Gasteiger partial charge in [-0.25, -0.2) is 9.97 Å². The fourth-order valence-corrected chi connectivity index (χ4v) is 7.37. The average molecular weight is 639 g/mol. The molecule has 0 aliphatic rings. The van der Waals surface area contributed by atoms with Crippen molar-refractivity contribution >= 4 is 54.5 Å². The molecule has 0 unspecified atom stereocenters. The number of nitriles is 1. The van der Waals surface area contributed by atoms with Gasteiger partial charge < -0.3 is 8.98 Å². The lowest BCUT2D eigenvalue weighted by Gasteiger charge is -2.13. The van der Waals surface area contributed by atoms with Crippen LogP contribution in [0, 0.1) is 11.3 Å². The Morgan fingerprint density at radius 2 is 1.16 bits per heavy atom. The molecule has 0 atom stereocenters. The summed E-state index contributed by atoms with van der Waals surface area (Å²) in [4.78, 5) is 10.2. The summed E-state index contributed by atoms with van der Waals surface area (Å²) in [7, 11) is 0. The van der Waals surface area contributed by atoms with Gasteiger partial charge in [-0.05, 0) is 59.3 Å². The molecule has 0 spiro atoms. The van der Waals surface area contributed by atoms with Crippen LogP contribution in [-0.2, 0) is 0 Å². The first kappa shape index (κ1) is 28.0. The zero-order valence-electron chi connectivity index (χ0n) is 26.7. The zero-order chi connectivity index (χ0) is 33.2. The highest BCUT2D eigenvalue weighted by molar-refractivity contribution is 6.27. The van der Waals surface area contributed by atoms with E-state index in [2.05, 4.69) is 102 Å². The fraction of sp³-hybridized carbons (Fsp3) is 0. The molecule has 50 heavy (non-hydrogen) atoms. The van der Waals surface area contributed by atoms with Gasteiger partial charge in [0.05, 0.1) is 22.4 Å². The number of nitrogens with zero attached hydrogens (tertiary/aromatic N) is 4. The summed E-state index contributed by atoms with van der Waals surface area (Å²) < 4.78 is 8.67. The van der Waals surface area contributed by atoms with Crippen LogP contribution in [0.3, 0.4) is 0 Å². The van der Waals surface area contributed by atoms with Crippen molar-refractivity contribution in [3.8, 4) is 45.7 Å². The van der Waals surface area contributed by atoms with Gasteiger partial charge in [0.1, 0.15) is 22.8 Å². The molecule has 0 aliphatic carbocycles. The van der Waals surface area contributed by atoms with Gasteiger partial charge in [0.25, 0.3) is 0 Å². The predicted octanol–water partition coefficient (Wildman–Crippen LogP) is 11.5. The molecule has 232 valence electrons. The van der Waals surface area contributed by atoms with Gasteiger partial charge in [-0.15, -0.1) is 0 Å². The van der Waals surface area contributed by atoms with Crippen molar-refractivity contribution < 1.29 is 4.42 Å². The third kappa shape index (κ3) is 4.26. The summed E-state index contributed by atoms with van der Waals surface area (Å²) in [5, 5.41) is 17.3. The Hall–Kier alpha value is -7.03. The molecule has 0 saturated carbocycles. The highest BCUT2D eigenvalue weighted by Crippen LogP contribution is 2.43. The molecule has 0 amide bonds. The van der Waals surface area contributed by atoms with Crippen LogP contribution in [0.5, 0.6) is 0 Å². The number of aromatic nitrogens is 3. The average Bonchev–Trinajstić information content (AvgIpc) is 3.73. The minimum absolute atomic E-state index is 0.435. The molecule has 5 nitrogen and oxygen atoms in total. The first-order valence-corrected chi connectivity index (χ1v) is 16.6. The zero-order valence-corrected chi connectivity index (χ0v) is 26.7. The van der Waals surface area contributed by atoms with Gasteiger partial charge in [-0.2, -0.15) is 5.26 Å². The molecule has 0 fully saturated rings. The Bertz CT molecular complexity index is 2990. The lowest BCUT2D eigenvalue weighted by atomic mass is 9.97. The number of benzene rings is 7. The minimum atomic E-state index is 0.435. The number of fused-ring (bicyclic) bond motifs is 8. The topological polar surface area (TPSA) is 67.6 Å². The summed E-state index contributed by atoms with van der Waals surface area (Å²) in [6.45, 7) is 0. The van der Waals surface area contributed by atoms with Crippen molar-refractivity contribution in [1.82, 2.24) is 14.5 Å². The number of hydrogen-bond donors (Lipinski definition) is 0. The molecular formula is C45H26N4O. The Morgan fingerprint density at radius 3 is 1.96 bits per heavy atom. The summed E-state index contributed by atoms with van der Waals surface area (Å²) in [5.41, 5.74) is 9.11. The molecule has 0 N–H and O–H groups in total. The van der Waals surface area contributed by atoms with Gasteiger partial charge in [0.2, 0.25) is 0 Å². The number of rotatable bonds is 4. The Morgan fingerprint density at radius 1 is 0.500 bits per heavy atom. The molecule has 10 rings (SSSR count). The summed E-state index contributed by atoms with van der Waals surface area (Å²) in [5.74, 6) is 0.567.